The first kappa shape index (κ1) is 21.7. The molecule has 2 heterocycles. The molecule has 2 aromatic rings. The number of hydrogen-bond donors (Lipinski definition) is 2. The second-order valence-electron chi connectivity index (χ2n) is 10.2. The summed E-state index contributed by atoms with van der Waals surface area (Å²) < 4.78 is 0. The molecule has 3 aliphatic rings. The monoisotopic (exact) mass is 431 g/mol. The topological polar surface area (TPSA) is 44.4 Å². The van der Waals surface area contributed by atoms with E-state index in [1.54, 1.807) is 12.5 Å². The number of piperidine rings is 1. The van der Waals surface area contributed by atoms with E-state index in [-0.39, 0.29) is 11.3 Å². The highest BCUT2D eigenvalue weighted by atomic mass is 16.1. The smallest absolute Gasteiger partial charge is 0.217 e. The van der Waals surface area contributed by atoms with Crippen LogP contribution in [-0.4, -0.2) is 36.5 Å². The van der Waals surface area contributed by atoms with Crippen LogP contribution in [0, 0.1) is 11.8 Å². The quantitative estimate of drug-likeness (QED) is 0.744. The predicted octanol–water partition coefficient (Wildman–Crippen LogP) is 4.24. The number of amides is 1. The van der Waals surface area contributed by atoms with Crippen LogP contribution in [0.5, 0.6) is 0 Å². The van der Waals surface area contributed by atoms with Crippen molar-refractivity contribution in [1.82, 2.24) is 15.5 Å². The molecule has 1 saturated heterocycles. The zero-order valence-electron chi connectivity index (χ0n) is 19.4. The van der Waals surface area contributed by atoms with Gasteiger partial charge in [-0.1, -0.05) is 61.0 Å². The lowest BCUT2D eigenvalue weighted by atomic mass is 9.56. The molecule has 1 saturated carbocycles. The standard InChI is InChI=1S/C28H37N3O/c1-21(32)30-27-13-7-12-26(27)28(20-29-18-23-10-5-6-11-25(23)28)24-14-16-31(17-15-24)19-22-8-3-2-4-9-22/h2-6,8-11,24,26-27,29H,7,12-20H2,1H3,(H,30,32)/t26-,27-,28?/m0/s1. The fourth-order valence-electron chi connectivity index (χ4n) is 7.08. The summed E-state index contributed by atoms with van der Waals surface area (Å²) in [4.78, 5) is 14.7. The Balaban J connectivity index is 1.43. The SMILES string of the molecule is CC(=O)N[C@H]1CCC[C@@H]1C1(C2CCN(Cc3ccccc3)CC2)CNCc2ccccc21. The first-order valence-electron chi connectivity index (χ1n) is 12.5. The van der Waals surface area contributed by atoms with Gasteiger partial charge in [0.15, 0.2) is 0 Å². The Morgan fingerprint density at radius 2 is 1.78 bits per heavy atom. The lowest BCUT2D eigenvalue weighted by Crippen LogP contribution is -2.59. The molecule has 2 aliphatic heterocycles. The van der Waals surface area contributed by atoms with Gasteiger partial charge in [0.05, 0.1) is 0 Å². The summed E-state index contributed by atoms with van der Waals surface area (Å²) in [6, 6.07) is 20.3. The van der Waals surface area contributed by atoms with E-state index < -0.39 is 0 Å². The van der Waals surface area contributed by atoms with Crippen LogP contribution in [0.25, 0.3) is 0 Å². The van der Waals surface area contributed by atoms with Gasteiger partial charge in [-0.05, 0) is 67.3 Å². The molecule has 1 amide bonds. The molecule has 2 aromatic carbocycles. The van der Waals surface area contributed by atoms with E-state index in [2.05, 4.69) is 70.1 Å². The van der Waals surface area contributed by atoms with E-state index >= 15 is 0 Å². The Labute approximate surface area is 192 Å². The summed E-state index contributed by atoms with van der Waals surface area (Å²) in [6.45, 7) is 7.03. The minimum atomic E-state index is 0.108. The van der Waals surface area contributed by atoms with Gasteiger partial charge in [-0.15, -0.1) is 0 Å². The molecule has 4 heteroatoms. The Morgan fingerprint density at radius 1 is 1.03 bits per heavy atom. The van der Waals surface area contributed by atoms with Gasteiger partial charge in [-0.25, -0.2) is 0 Å². The molecule has 1 unspecified atom stereocenters. The first-order chi connectivity index (χ1) is 15.7. The maximum atomic E-state index is 12.0. The second kappa shape index (κ2) is 9.36. The van der Waals surface area contributed by atoms with Crippen molar-refractivity contribution >= 4 is 5.91 Å². The van der Waals surface area contributed by atoms with Crippen LogP contribution in [-0.2, 0) is 23.3 Å². The highest BCUT2D eigenvalue weighted by Crippen LogP contribution is 2.52. The van der Waals surface area contributed by atoms with Gasteiger partial charge < -0.3 is 10.6 Å². The molecule has 170 valence electrons. The number of likely N-dealkylation sites (tertiary alicyclic amines) is 1. The van der Waals surface area contributed by atoms with Crippen molar-refractivity contribution in [3.05, 3.63) is 71.3 Å². The van der Waals surface area contributed by atoms with E-state index in [1.165, 1.54) is 36.8 Å². The third-order valence-electron chi connectivity index (χ3n) is 8.38. The van der Waals surface area contributed by atoms with Crippen molar-refractivity contribution in [3.63, 3.8) is 0 Å². The number of hydrogen-bond acceptors (Lipinski definition) is 3. The van der Waals surface area contributed by atoms with Crippen molar-refractivity contribution in [2.24, 2.45) is 11.8 Å². The third kappa shape index (κ3) is 4.11. The van der Waals surface area contributed by atoms with Crippen LogP contribution in [0.2, 0.25) is 0 Å². The summed E-state index contributed by atoms with van der Waals surface area (Å²) in [5.41, 5.74) is 4.53. The van der Waals surface area contributed by atoms with Gasteiger partial charge in [0, 0.05) is 38.0 Å². The van der Waals surface area contributed by atoms with Crippen molar-refractivity contribution in [2.75, 3.05) is 19.6 Å². The fourth-order valence-corrected chi connectivity index (χ4v) is 7.08. The Bertz CT molecular complexity index is 921. The normalized spacial score (nSPS) is 28.9. The number of nitrogens with zero attached hydrogens (tertiary/aromatic N) is 1. The van der Waals surface area contributed by atoms with Crippen LogP contribution in [0.3, 0.4) is 0 Å². The molecule has 2 fully saturated rings. The van der Waals surface area contributed by atoms with Crippen molar-refractivity contribution < 1.29 is 4.79 Å². The predicted molar refractivity (Wildman–Crippen MR) is 129 cm³/mol. The molecule has 0 aromatic heterocycles. The molecule has 0 radical (unpaired) electrons. The molecule has 2 N–H and O–H groups in total. The maximum absolute atomic E-state index is 12.0. The molecule has 0 bridgehead atoms. The van der Waals surface area contributed by atoms with Gasteiger partial charge in [-0.3, -0.25) is 9.69 Å². The van der Waals surface area contributed by atoms with E-state index in [0.29, 0.717) is 17.9 Å². The van der Waals surface area contributed by atoms with Gasteiger partial charge in [0.1, 0.15) is 0 Å². The van der Waals surface area contributed by atoms with E-state index in [4.69, 9.17) is 0 Å². The lowest BCUT2D eigenvalue weighted by molar-refractivity contribution is -0.120. The van der Waals surface area contributed by atoms with E-state index in [9.17, 15) is 4.79 Å². The molecule has 32 heavy (non-hydrogen) atoms. The van der Waals surface area contributed by atoms with Crippen LogP contribution < -0.4 is 10.6 Å². The highest BCUT2D eigenvalue weighted by Gasteiger charge is 2.53. The molecule has 0 spiro atoms. The van der Waals surface area contributed by atoms with E-state index in [1.807, 2.05) is 0 Å². The summed E-state index contributed by atoms with van der Waals surface area (Å²) in [5, 5.41) is 7.15. The summed E-state index contributed by atoms with van der Waals surface area (Å²) in [5.74, 6) is 1.26. The van der Waals surface area contributed by atoms with Crippen LogP contribution in [0.15, 0.2) is 54.6 Å². The molecule has 4 nitrogen and oxygen atoms in total. The second-order valence-corrected chi connectivity index (χ2v) is 10.2. The molecule has 3 atom stereocenters. The number of rotatable bonds is 5. The summed E-state index contributed by atoms with van der Waals surface area (Å²) >= 11 is 0. The molecular formula is C28H37N3O. The molecule has 1 aliphatic carbocycles. The average Bonchev–Trinajstić information content (AvgIpc) is 3.28. The minimum absolute atomic E-state index is 0.108. The van der Waals surface area contributed by atoms with Crippen LogP contribution >= 0.6 is 0 Å². The van der Waals surface area contributed by atoms with Gasteiger partial charge in [0.2, 0.25) is 5.91 Å². The molecular weight excluding hydrogens is 394 g/mol. The van der Waals surface area contributed by atoms with Crippen molar-refractivity contribution in [2.45, 2.75) is 63.6 Å². The molecule has 5 rings (SSSR count). The number of carbonyl (C=O) groups excluding carboxylic acids is 1. The highest BCUT2D eigenvalue weighted by molar-refractivity contribution is 5.73. The summed E-state index contributed by atoms with van der Waals surface area (Å²) in [7, 11) is 0. The largest absolute Gasteiger partial charge is 0.353 e. The number of carbonyl (C=O) groups is 1. The van der Waals surface area contributed by atoms with Crippen molar-refractivity contribution in [3.8, 4) is 0 Å². The minimum Gasteiger partial charge on any atom is -0.353 e. The fraction of sp³-hybridized carbons (Fsp3) is 0.536. The van der Waals surface area contributed by atoms with Gasteiger partial charge in [-0.2, -0.15) is 0 Å². The number of nitrogens with one attached hydrogen (secondary N) is 2. The zero-order chi connectivity index (χ0) is 22.0. The van der Waals surface area contributed by atoms with E-state index in [0.717, 1.165) is 39.1 Å². The Kier molecular flexibility index (Phi) is 6.34. The average molecular weight is 432 g/mol. The Hall–Kier alpha value is -2.17. The van der Waals surface area contributed by atoms with Gasteiger partial charge in [0.25, 0.3) is 0 Å². The number of fused-ring (bicyclic) bond motifs is 1. The van der Waals surface area contributed by atoms with Crippen LogP contribution in [0.1, 0.15) is 55.7 Å². The third-order valence-corrected chi connectivity index (χ3v) is 8.38. The zero-order valence-corrected chi connectivity index (χ0v) is 19.4. The van der Waals surface area contributed by atoms with Gasteiger partial charge >= 0.3 is 0 Å². The lowest BCUT2D eigenvalue weighted by Gasteiger charge is -2.53. The van der Waals surface area contributed by atoms with Crippen molar-refractivity contribution in [1.29, 1.82) is 0 Å². The Morgan fingerprint density at radius 3 is 2.56 bits per heavy atom. The first-order valence-corrected chi connectivity index (χ1v) is 12.5. The number of benzene rings is 2. The summed E-state index contributed by atoms with van der Waals surface area (Å²) in [6.07, 6.45) is 6.00. The van der Waals surface area contributed by atoms with Crippen LogP contribution in [0.4, 0.5) is 0 Å². The maximum Gasteiger partial charge on any atom is 0.217 e.